The normalized spacial score (nSPS) is 8.00. The molecule has 0 radical (unpaired) electrons. The van der Waals surface area contributed by atoms with Gasteiger partial charge in [0.2, 0.25) is 0 Å². The van der Waals surface area contributed by atoms with E-state index in [2.05, 4.69) is 0 Å². The number of hydrogen-bond donors (Lipinski definition) is 4. The second-order valence-electron chi connectivity index (χ2n) is 2.02. The molecular formula is C8H11Na3O8. The second kappa shape index (κ2) is 20.7. The van der Waals surface area contributed by atoms with Crippen LogP contribution in [0.4, 0.5) is 0 Å². The average Bonchev–Trinajstić information content (AvgIpc) is 2.12. The van der Waals surface area contributed by atoms with E-state index in [1.807, 2.05) is 0 Å². The van der Waals surface area contributed by atoms with E-state index < -0.39 is 23.9 Å². The van der Waals surface area contributed by atoms with Crippen LogP contribution in [0.25, 0.3) is 0 Å². The van der Waals surface area contributed by atoms with Crippen LogP contribution < -0.4 is 0 Å². The van der Waals surface area contributed by atoms with Crippen molar-refractivity contribution in [3.63, 3.8) is 0 Å². The van der Waals surface area contributed by atoms with Crippen molar-refractivity contribution in [3.05, 3.63) is 24.3 Å². The van der Waals surface area contributed by atoms with Gasteiger partial charge in [-0.05, 0) is 0 Å². The molecule has 4 N–H and O–H groups in total. The minimum absolute atomic E-state index is 0. The summed E-state index contributed by atoms with van der Waals surface area (Å²) in [6, 6.07) is 0. The molecule has 0 rings (SSSR count). The molecule has 0 heterocycles. The first-order valence-corrected chi connectivity index (χ1v) is 3.53. The summed E-state index contributed by atoms with van der Waals surface area (Å²) in [5, 5.41) is 31.2. The van der Waals surface area contributed by atoms with Gasteiger partial charge >= 0.3 is 113 Å². The first-order valence-electron chi connectivity index (χ1n) is 3.53. The molecule has 0 aliphatic heterocycles. The molecule has 0 unspecified atom stereocenters. The van der Waals surface area contributed by atoms with E-state index in [1.165, 1.54) is 0 Å². The maximum absolute atomic E-state index is 9.55. The predicted octanol–water partition coefficient (Wildman–Crippen LogP) is -2.52. The van der Waals surface area contributed by atoms with Crippen LogP contribution in [0.1, 0.15) is 0 Å². The maximum atomic E-state index is 9.55. The third kappa shape index (κ3) is 45.8. The van der Waals surface area contributed by atoms with E-state index in [0.717, 1.165) is 0 Å². The molecule has 0 fully saturated rings. The summed E-state index contributed by atoms with van der Waals surface area (Å²) in [4.78, 5) is 38.2. The van der Waals surface area contributed by atoms with Gasteiger partial charge in [-0.1, -0.05) is 0 Å². The van der Waals surface area contributed by atoms with Crippen LogP contribution in [-0.2, 0) is 19.2 Å². The number of carboxylic acids is 4. The molecule has 0 atom stereocenters. The van der Waals surface area contributed by atoms with Crippen molar-refractivity contribution in [1.82, 2.24) is 0 Å². The van der Waals surface area contributed by atoms with Gasteiger partial charge in [-0.3, -0.25) is 0 Å². The molecule has 0 aromatic carbocycles. The Morgan fingerprint density at radius 2 is 0.579 bits per heavy atom. The van der Waals surface area contributed by atoms with Gasteiger partial charge in [0.25, 0.3) is 0 Å². The fourth-order valence-corrected chi connectivity index (χ4v) is 0.285. The monoisotopic (exact) mass is 304 g/mol. The quantitative estimate of drug-likeness (QED) is 0.328. The van der Waals surface area contributed by atoms with E-state index in [0.29, 0.717) is 24.3 Å². The predicted molar refractivity (Wildman–Crippen MR) is 70.3 cm³/mol. The minimum atomic E-state index is -1.26. The molecule has 0 aliphatic carbocycles. The summed E-state index contributed by atoms with van der Waals surface area (Å²) >= 11 is 0. The Hall–Kier alpha value is 0.360. The van der Waals surface area contributed by atoms with Gasteiger partial charge in [0.1, 0.15) is 0 Å². The van der Waals surface area contributed by atoms with E-state index in [4.69, 9.17) is 20.4 Å². The Kier molecular flexibility index (Phi) is 34.4. The van der Waals surface area contributed by atoms with Crippen LogP contribution in [-0.4, -0.2) is 133 Å². The summed E-state index contributed by atoms with van der Waals surface area (Å²) in [6.45, 7) is 0. The van der Waals surface area contributed by atoms with Crippen molar-refractivity contribution in [1.29, 1.82) is 0 Å². The van der Waals surface area contributed by atoms with Crippen molar-refractivity contribution < 1.29 is 39.6 Å². The molecule has 0 aromatic rings. The molecule has 0 spiro atoms. The van der Waals surface area contributed by atoms with Crippen molar-refractivity contribution >= 4 is 113 Å². The Morgan fingerprint density at radius 1 is 0.474 bits per heavy atom. The fourth-order valence-electron chi connectivity index (χ4n) is 0.285. The molecule has 19 heavy (non-hydrogen) atoms. The van der Waals surface area contributed by atoms with Crippen molar-refractivity contribution in [2.45, 2.75) is 0 Å². The van der Waals surface area contributed by atoms with Crippen LogP contribution >= 0.6 is 0 Å². The zero-order valence-electron chi connectivity index (χ0n) is 7.73. The third-order valence-corrected chi connectivity index (χ3v) is 0.737. The molecule has 0 aliphatic rings. The summed E-state index contributed by atoms with van der Waals surface area (Å²) < 4.78 is 0. The average molecular weight is 304 g/mol. The standard InChI is InChI=1S/2C4H4O4.3Na.3H/c2*5-3(6)1-2-4(7)8;;;;;;/h2*1-2H,(H,5,6)(H,7,8);;;;;;/b2-1+;2-1-;;;;;;. The fraction of sp³-hybridized carbons (Fsp3) is 0. The SMILES string of the molecule is O=C(O)/C=C/C(=O)O.O=C(O)/C=C\C(=O)O.[NaH].[NaH].[NaH]. The van der Waals surface area contributed by atoms with Crippen molar-refractivity contribution in [3.8, 4) is 0 Å². The summed E-state index contributed by atoms with van der Waals surface area (Å²) in [6.07, 6.45) is 2.23. The van der Waals surface area contributed by atoms with E-state index in [1.54, 1.807) is 0 Å². The Labute approximate surface area is 174 Å². The number of hydrogen-bond acceptors (Lipinski definition) is 4. The van der Waals surface area contributed by atoms with E-state index >= 15 is 0 Å². The van der Waals surface area contributed by atoms with Crippen LogP contribution in [0.2, 0.25) is 0 Å². The van der Waals surface area contributed by atoms with Gasteiger partial charge in [-0.2, -0.15) is 0 Å². The molecule has 0 saturated carbocycles. The molecule has 94 valence electrons. The Bertz CT molecular complexity index is 284. The molecular weight excluding hydrogens is 293 g/mol. The Morgan fingerprint density at radius 3 is 0.632 bits per heavy atom. The molecule has 0 bridgehead atoms. The van der Waals surface area contributed by atoms with E-state index in [9.17, 15) is 19.2 Å². The number of aliphatic carboxylic acids is 4. The van der Waals surface area contributed by atoms with Crippen LogP contribution in [0.5, 0.6) is 0 Å². The molecule has 11 heteroatoms. The molecule has 0 amide bonds. The molecule has 8 nitrogen and oxygen atoms in total. The van der Waals surface area contributed by atoms with E-state index in [-0.39, 0.29) is 88.7 Å². The van der Waals surface area contributed by atoms with Gasteiger partial charge in [-0.15, -0.1) is 0 Å². The second-order valence-corrected chi connectivity index (χ2v) is 2.02. The van der Waals surface area contributed by atoms with Gasteiger partial charge in [0.15, 0.2) is 0 Å². The zero-order valence-corrected chi connectivity index (χ0v) is 7.73. The van der Waals surface area contributed by atoms with Gasteiger partial charge < -0.3 is 20.4 Å². The first kappa shape index (κ1) is 31.6. The topological polar surface area (TPSA) is 149 Å². The van der Waals surface area contributed by atoms with Crippen LogP contribution in [0.3, 0.4) is 0 Å². The molecule has 0 aromatic heterocycles. The first-order chi connectivity index (χ1) is 7.25. The Balaban J connectivity index is -0.0000000594. The van der Waals surface area contributed by atoms with Crippen LogP contribution in [0.15, 0.2) is 24.3 Å². The number of carboxylic acid groups (broad SMARTS) is 4. The summed E-state index contributed by atoms with van der Waals surface area (Å²) in [7, 11) is 0. The zero-order chi connectivity index (χ0) is 13.1. The van der Waals surface area contributed by atoms with Crippen molar-refractivity contribution in [2.24, 2.45) is 0 Å². The third-order valence-electron chi connectivity index (χ3n) is 0.737. The summed E-state index contributed by atoms with van der Waals surface area (Å²) in [5.41, 5.74) is 0. The number of rotatable bonds is 4. The molecule has 0 saturated heterocycles. The van der Waals surface area contributed by atoms with Crippen molar-refractivity contribution in [2.75, 3.05) is 0 Å². The van der Waals surface area contributed by atoms with Crippen LogP contribution in [0, 0.1) is 0 Å². The number of carbonyl (C=O) groups is 4. The summed E-state index contributed by atoms with van der Waals surface area (Å²) in [5.74, 6) is -5.03. The van der Waals surface area contributed by atoms with Gasteiger partial charge in [-0.25, -0.2) is 19.2 Å². The van der Waals surface area contributed by atoms with Gasteiger partial charge in [0, 0.05) is 24.3 Å². The van der Waals surface area contributed by atoms with Gasteiger partial charge in [0.05, 0.1) is 0 Å².